The first kappa shape index (κ1) is 20.5. The van der Waals surface area contributed by atoms with Gasteiger partial charge < -0.3 is 9.88 Å². The minimum Gasteiger partial charge on any atom is -0.352 e. The number of rotatable bonds is 6. The van der Waals surface area contributed by atoms with Crippen molar-refractivity contribution in [1.82, 2.24) is 24.6 Å². The van der Waals surface area contributed by atoms with Crippen molar-refractivity contribution in [3.8, 4) is 17.5 Å². The van der Waals surface area contributed by atoms with Crippen LogP contribution >= 0.6 is 11.6 Å². The molecule has 0 atom stereocenters. The summed E-state index contributed by atoms with van der Waals surface area (Å²) in [5.41, 5.74) is 2.91. The van der Waals surface area contributed by atoms with Crippen LogP contribution in [0.1, 0.15) is 27.9 Å². The maximum absolute atomic E-state index is 12.7. The molecule has 2 heterocycles. The first-order valence-corrected chi connectivity index (χ1v) is 10.2. The molecular formula is C24H20ClN5O. The summed E-state index contributed by atoms with van der Waals surface area (Å²) >= 11 is 5.95. The Kier molecular flexibility index (Phi) is 6.46. The highest BCUT2D eigenvalue weighted by Gasteiger charge is 2.10. The van der Waals surface area contributed by atoms with Gasteiger partial charge in [0.25, 0.3) is 5.91 Å². The number of imidazole rings is 1. The van der Waals surface area contributed by atoms with Crippen LogP contribution in [0.4, 0.5) is 0 Å². The molecular weight excluding hydrogens is 410 g/mol. The number of hydrogen-bond acceptors (Lipinski definition) is 3. The number of hydrogen-bond donors (Lipinski definition) is 1. The summed E-state index contributed by atoms with van der Waals surface area (Å²) in [5, 5.41) is 7.92. The molecule has 1 N–H and O–H groups in total. The third kappa shape index (κ3) is 5.41. The third-order valence-electron chi connectivity index (χ3n) is 4.63. The van der Waals surface area contributed by atoms with E-state index < -0.39 is 0 Å². The second-order valence-corrected chi connectivity index (χ2v) is 7.29. The van der Waals surface area contributed by atoms with Gasteiger partial charge in [-0.3, -0.25) is 4.79 Å². The van der Waals surface area contributed by atoms with Gasteiger partial charge >= 0.3 is 0 Å². The first-order chi connectivity index (χ1) is 15.2. The summed E-state index contributed by atoms with van der Waals surface area (Å²) in [5.74, 6) is 6.18. The molecule has 0 bridgehead atoms. The molecule has 2 aromatic carbocycles. The lowest BCUT2D eigenvalue weighted by molar-refractivity contribution is 0.0952. The van der Waals surface area contributed by atoms with Gasteiger partial charge in [0.05, 0.1) is 17.6 Å². The predicted octanol–water partition coefficient (Wildman–Crippen LogP) is 3.94. The van der Waals surface area contributed by atoms with Gasteiger partial charge in [0, 0.05) is 54.0 Å². The molecule has 7 heteroatoms. The molecule has 6 nitrogen and oxygen atoms in total. The van der Waals surface area contributed by atoms with Crippen molar-refractivity contribution in [3.63, 3.8) is 0 Å². The summed E-state index contributed by atoms with van der Waals surface area (Å²) in [6.07, 6.45) is 9.78. The highest BCUT2D eigenvalue weighted by molar-refractivity contribution is 6.30. The van der Waals surface area contributed by atoms with Crippen molar-refractivity contribution >= 4 is 17.5 Å². The quantitative estimate of drug-likeness (QED) is 0.373. The van der Waals surface area contributed by atoms with E-state index in [1.165, 1.54) is 0 Å². The van der Waals surface area contributed by atoms with E-state index in [9.17, 15) is 4.79 Å². The average Bonchev–Trinajstić information content (AvgIpc) is 3.50. The highest BCUT2D eigenvalue weighted by Crippen LogP contribution is 2.16. The van der Waals surface area contributed by atoms with Crippen molar-refractivity contribution < 1.29 is 4.79 Å². The Morgan fingerprint density at radius 1 is 1.06 bits per heavy atom. The standard InChI is InChI=1S/C24H20ClN5O/c25-22-8-4-19(5-9-22)3-6-20-17-21(7-10-23(20)30-15-2-12-28-30)24(31)27-11-1-14-29-16-13-26-18-29/h2,4-5,7-10,12-13,15-18H,1,11,14H2,(H,27,31). The lowest BCUT2D eigenvalue weighted by Crippen LogP contribution is -2.25. The van der Waals surface area contributed by atoms with Crippen LogP contribution in [0.2, 0.25) is 5.02 Å². The molecule has 0 saturated carbocycles. The molecule has 0 saturated heterocycles. The van der Waals surface area contributed by atoms with Crippen LogP contribution in [0.3, 0.4) is 0 Å². The number of aryl methyl sites for hydroxylation is 1. The summed E-state index contributed by atoms with van der Waals surface area (Å²) in [7, 11) is 0. The van der Waals surface area contributed by atoms with Crippen LogP contribution < -0.4 is 5.32 Å². The molecule has 31 heavy (non-hydrogen) atoms. The largest absolute Gasteiger partial charge is 0.352 e. The zero-order chi connectivity index (χ0) is 21.5. The van der Waals surface area contributed by atoms with Gasteiger partial charge in [0.1, 0.15) is 0 Å². The van der Waals surface area contributed by atoms with E-state index in [0.29, 0.717) is 22.7 Å². The average molecular weight is 430 g/mol. The van der Waals surface area contributed by atoms with Crippen molar-refractivity contribution in [2.45, 2.75) is 13.0 Å². The molecule has 0 spiro atoms. The summed E-state index contributed by atoms with van der Waals surface area (Å²) in [6, 6.07) is 14.6. The topological polar surface area (TPSA) is 64.7 Å². The van der Waals surface area contributed by atoms with Crippen LogP contribution in [-0.4, -0.2) is 31.8 Å². The van der Waals surface area contributed by atoms with Gasteiger partial charge in [-0.15, -0.1) is 0 Å². The lowest BCUT2D eigenvalue weighted by Gasteiger charge is -2.09. The van der Waals surface area contributed by atoms with Gasteiger partial charge in [0.15, 0.2) is 0 Å². The number of nitrogens with one attached hydrogen (secondary N) is 1. The van der Waals surface area contributed by atoms with E-state index in [4.69, 9.17) is 11.6 Å². The van der Waals surface area contributed by atoms with Gasteiger partial charge in [-0.05, 0) is 55.0 Å². The van der Waals surface area contributed by atoms with Crippen LogP contribution in [0, 0.1) is 11.8 Å². The Morgan fingerprint density at radius 2 is 1.94 bits per heavy atom. The smallest absolute Gasteiger partial charge is 0.251 e. The fraction of sp³-hybridized carbons (Fsp3) is 0.125. The number of aromatic nitrogens is 4. The molecule has 0 radical (unpaired) electrons. The number of carbonyl (C=O) groups is 1. The molecule has 0 unspecified atom stereocenters. The zero-order valence-electron chi connectivity index (χ0n) is 16.7. The molecule has 4 aromatic rings. The van der Waals surface area contributed by atoms with Gasteiger partial charge in [-0.2, -0.15) is 5.10 Å². The summed E-state index contributed by atoms with van der Waals surface area (Å²) in [4.78, 5) is 16.7. The van der Waals surface area contributed by atoms with E-state index in [1.54, 1.807) is 47.7 Å². The van der Waals surface area contributed by atoms with Gasteiger partial charge in [-0.25, -0.2) is 9.67 Å². The molecule has 0 aliphatic rings. The van der Waals surface area contributed by atoms with Crippen molar-refractivity contribution in [3.05, 3.63) is 101 Å². The fourth-order valence-electron chi connectivity index (χ4n) is 3.05. The minimum atomic E-state index is -0.132. The van der Waals surface area contributed by atoms with E-state index >= 15 is 0 Å². The monoisotopic (exact) mass is 429 g/mol. The van der Waals surface area contributed by atoms with Crippen LogP contribution in [0.15, 0.2) is 79.6 Å². The van der Waals surface area contributed by atoms with Crippen molar-refractivity contribution in [2.24, 2.45) is 0 Å². The molecule has 0 fully saturated rings. The molecule has 1 amide bonds. The predicted molar refractivity (Wildman–Crippen MR) is 120 cm³/mol. The molecule has 4 rings (SSSR count). The fourth-order valence-corrected chi connectivity index (χ4v) is 3.17. The number of amides is 1. The van der Waals surface area contributed by atoms with Gasteiger partial charge in [-0.1, -0.05) is 23.4 Å². The Labute approximate surface area is 185 Å². The second-order valence-electron chi connectivity index (χ2n) is 6.85. The SMILES string of the molecule is O=C(NCCCn1ccnc1)c1ccc(-n2cccn2)c(C#Cc2ccc(Cl)cc2)c1. The molecule has 154 valence electrons. The Hall–Kier alpha value is -3.82. The Bertz CT molecular complexity index is 1200. The van der Waals surface area contributed by atoms with E-state index in [0.717, 1.165) is 24.2 Å². The maximum Gasteiger partial charge on any atom is 0.251 e. The normalized spacial score (nSPS) is 10.4. The Balaban J connectivity index is 1.52. The van der Waals surface area contributed by atoms with Gasteiger partial charge in [0.2, 0.25) is 0 Å². The van der Waals surface area contributed by atoms with Crippen LogP contribution in [-0.2, 0) is 6.54 Å². The molecule has 2 aromatic heterocycles. The molecule has 0 aliphatic heterocycles. The van der Waals surface area contributed by atoms with Crippen LogP contribution in [0.5, 0.6) is 0 Å². The van der Waals surface area contributed by atoms with Crippen LogP contribution in [0.25, 0.3) is 5.69 Å². The number of benzene rings is 2. The number of halogens is 1. The number of nitrogens with zero attached hydrogens (tertiary/aromatic N) is 4. The van der Waals surface area contributed by atoms with E-state index in [-0.39, 0.29) is 5.91 Å². The minimum absolute atomic E-state index is 0.132. The second kappa shape index (κ2) is 9.79. The van der Waals surface area contributed by atoms with E-state index in [1.807, 2.05) is 41.2 Å². The summed E-state index contributed by atoms with van der Waals surface area (Å²) < 4.78 is 3.72. The first-order valence-electron chi connectivity index (χ1n) is 9.85. The van der Waals surface area contributed by atoms with Crippen molar-refractivity contribution in [1.29, 1.82) is 0 Å². The third-order valence-corrected chi connectivity index (χ3v) is 4.89. The van der Waals surface area contributed by atoms with E-state index in [2.05, 4.69) is 27.2 Å². The lowest BCUT2D eigenvalue weighted by atomic mass is 10.1. The summed E-state index contributed by atoms with van der Waals surface area (Å²) in [6.45, 7) is 1.38. The molecule has 0 aliphatic carbocycles. The highest BCUT2D eigenvalue weighted by atomic mass is 35.5. The Morgan fingerprint density at radius 3 is 2.68 bits per heavy atom. The number of carbonyl (C=O) groups excluding carboxylic acids is 1. The maximum atomic E-state index is 12.7. The van der Waals surface area contributed by atoms with Crippen molar-refractivity contribution in [2.75, 3.05) is 6.54 Å². The zero-order valence-corrected chi connectivity index (χ0v) is 17.5.